The summed E-state index contributed by atoms with van der Waals surface area (Å²) in [6, 6.07) is 23.4. The Morgan fingerprint density at radius 2 is 1.68 bits per heavy atom. The first-order valence-corrected chi connectivity index (χ1v) is 12.2. The van der Waals surface area contributed by atoms with Crippen molar-refractivity contribution in [2.75, 3.05) is 23.7 Å². The van der Waals surface area contributed by atoms with Crippen LogP contribution in [0, 0.1) is 10.1 Å². The molecule has 0 saturated carbocycles. The summed E-state index contributed by atoms with van der Waals surface area (Å²) >= 11 is 6.05. The van der Waals surface area contributed by atoms with E-state index in [1.165, 1.54) is 29.2 Å². The summed E-state index contributed by atoms with van der Waals surface area (Å²) in [4.78, 5) is 37.7. The number of nitrogens with one attached hydrogen (secondary N) is 2. The van der Waals surface area contributed by atoms with Gasteiger partial charge in [0.05, 0.1) is 16.3 Å². The molecular weight excluding hydrogens is 508 g/mol. The van der Waals surface area contributed by atoms with E-state index in [0.717, 1.165) is 5.56 Å². The van der Waals surface area contributed by atoms with Crippen molar-refractivity contribution in [1.82, 2.24) is 14.7 Å². The van der Waals surface area contributed by atoms with Gasteiger partial charge in [0.25, 0.3) is 5.69 Å². The van der Waals surface area contributed by atoms with Crippen LogP contribution in [0.15, 0.2) is 84.9 Å². The normalized spacial score (nSPS) is 10.6. The number of hydrogen-bond acceptors (Lipinski definition) is 5. The Morgan fingerprint density at radius 3 is 2.32 bits per heavy atom. The predicted molar refractivity (Wildman–Crippen MR) is 147 cm³/mol. The van der Waals surface area contributed by atoms with E-state index in [0.29, 0.717) is 40.9 Å². The standard InChI is InChI=1S/C27H25ClN6O4/c1-2-16-32(27(36)29-21-10-14-23(15-11-21)34(37)38)18-26(35)30-25-17-24(19-6-4-3-5-7-19)31-33(25)22-12-8-20(28)9-13-22/h3-15,17H,2,16,18H2,1H3,(H,29,36)(H,30,35). The molecular formula is C27H25ClN6O4. The highest BCUT2D eigenvalue weighted by Gasteiger charge is 2.20. The number of non-ortho nitro benzene ring substituents is 1. The second-order valence-corrected chi connectivity index (χ2v) is 8.81. The largest absolute Gasteiger partial charge is 0.322 e. The number of amides is 3. The maximum atomic E-state index is 13.1. The molecule has 2 N–H and O–H groups in total. The van der Waals surface area contributed by atoms with Gasteiger partial charge in [-0.3, -0.25) is 14.9 Å². The molecule has 1 aromatic heterocycles. The Balaban J connectivity index is 1.52. The number of hydrogen-bond donors (Lipinski definition) is 2. The molecule has 194 valence electrons. The number of nitro groups is 1. The summed E-state index contributed by atoms with van der Waals surface area (Å²) < 4.78 is 1.61. The number of aromatic nitrogens is 2. The zero-order chi connectivity index (χ0) is 27.1. The minimum absolute atomic E-state index is 0.0834. The third kappa shape index (κ3) is 6.54. The smallest absolute Gasteiger partial charge is 0.315 e. The molecule has 0 atom stereocenters. The average Bonchev–Trinajstić information content (AvgIpc) is 3.33. The number of nitro benzene ring substituents is 1. The number of benzene rings is 3. The van der Waals surface area contributed by atoms with Crippen LogP contribution in [0.4, 0.5) is 22.0 Å². The topological polar surface area (TPSA) is 122 Å². The summed E-state index contributed by atoms with van der Waals surface area (Å²) in [6.45, 7) is 2.02. The number of carbonyl (C=O) groups excluding carboxylic acids is 2. The molecule has 3 aromatic carbocycles. The highest BCUT2D eigenvalue weighted by atomic mass is 35.5. The van der Waals surface area contributed by atoms with Crippen molar-refractivity contribution in [3.63, 3.8) is 0 Å². The summed E-state index contributed by atoms with van der Waals surface area (Å²) in [5.41, 5.74) is 2.55. The molecule has 10 nitrogen and oxygen atoms in total. The van der Waals surface area contributed by atoms with Crippen LogP contribution in [0.3, 0.4) is 0 Å². The fourth-order valence-electron chi connectivity index (χ4n) is 3.75. The van der Waals surface area contributed by atoms with Crippen LogP contribution in [0.5, 0.6) is 0 Å². The molecule has 0 aliphatic rings. The quantitative estimate of drug-likeness (QED) is 0.203. The Kier molecular flexibility index (Phi) is 8.34. The van der Waals surface area contributed by atoms with Gasteiger partial charge in [0.2, 0.25) is 5.91 Å². The van der Waals surface area contributed by atoms with E-state index in [1.807, 2.05) is 37.3 Å². The van der Waals surface area contributed by atoms with Gasteiger partial charge < -0.3 is 15.5 Å². The molecule has 0 aliphatic carbocycles. The fraction of sp³-hybridized carbons (Fsp3) is 0.148. The molecule has 0 aliphatic heterocycles. The van der Waals surface area contributed by atoms with Crippen LogP contribution in [0.1, 0.15) is 13.3 Å². The number of rotatable bonds is 9. The second kappa shape index (κ2) is 12.0. The molecule has 0 fully saturated rings. The fourth-order valence-corrected chi connectivity index (χ4v) is 3.87. The molecule has 4 aromatic rings. The van der Waals surface area contributed by atoms with Crippen LogP contribution in [-0.2, 0) is 4.79 Å². The zero-order valence-electron chi connectivity index (χ0n) is 20.5. The minimum Gasteiger partial charge on any atom is -0.315 e. The van der Waals surface area contributed by atoms with E-state index < -0.39 is 16.9 Å². The van der Waals surface area contributed by atoms with E-state index >= 15 is 0 Å². The van der Waals surface area contributed by atoms with Gasteiger partial charge in [-0.1, -0.05) is 48.9 Å². The Morgan fingerprint density at radius 1 is 1.00 bits per heavy atom. The molecule has 1 heterocycles. The van der Waals surface area contributed by atoms with E-state index in [9.17, 15) is 19.7 Å². The second-order valence-electron chi connectivity index (χ2n) is 8.37. The summed E-state index contributed by atoms with van der Waals surface area (Å²) in [6.07, 6.45) is 0.627. The number of anilines is 2. The van der Waals surface area contributed by atoms with Crippen LogP contribution in [-0.4, -0.2) is 44.6 Å². The highest BCUT2D eigenvalue weighted by Crippen LogP contribution is 2.25. The Hall–Kier alpha value is -4.70. The maximum Gasteiger partial charge on any atom is 0.322 e. The van der Waals surface area contributed by atoms with E-state index in [2.05, 4.69) is 15.7 Å². The summed E-state index contributed by atoms with van der Waals surface area (Å²) in [5, 5.41) is 21.7. The van der Waals surface area contributed by atoms with E-state index in [1.54, 1.807) is 35.0 Å². The average molecular weight is 533 g/mol. The molecule has 4 rings (SSSR count). The molecule has 11 heteroatoms. The summed E-state index contributed by atoms with van der Waals surface area (Å²) in [7, 11) is 0. The first-order valence-electron chi connectivity index (χ1n) is 11.9. The molecule has 0 unspecified atom stereocenters. The lowest BCUT2D eigenvalue weighted by Crippen LogP contribution is -2.41. The van der Waals surface area contributed by atoms with Crippen molar-refractivity contribution in [2.24, 2.45) is 0 Å². The third-order valence-electron chi connectivity index (χ3n) is 5.56. The Labute approximate surface area is 224 Å². The molecule has 38 heavy (non-hydrogen) atoms. The molecule has 3 amide bonds. The lowest BCUT2D eigenvalue weighted by Gasteiger charge is -2.22. The highest BCUT2D eigenvalue weighted by molar-refractivity contribution is 6.30. The van der Waals surface area contributed by atoms with Crippen LogP contribution in [0.2, 0.25) is 5.02 Å². The first kappa shape index (κ1) is 26.4. The summed E-state index contributed by atoms with van der Waals surface area (Å²) in [5.74, 6) is 0.0235. The molecule has 0 spiro atoms. The third-order valence-corrected chi connectivity index (χ3v) is 5.81. The van der Waals surface area contributed by atoms with Gasteiger partial charge in [-0.2, -0.15) is 5.10 Å². The van der Waals surface area contributed by atoms with Gasteiger partial charge in [0.15, 0.2) is 0 Å². The lowest BCUT2D eigenvalue weighted by molar-refractivity contribution is -0.384. The number of nitrogens with zero attached hydrogens (tertiary/aromatic N) is 4. The van der Waals surface area contributed by atoms with Crippen LogP contribution >= 0.6 is 11.6 Å². The molecule has 0 saturated heterocycles. The van der Waals surface area contributed by atoms with Crippen molar-refractivity contribution in [1.29, 1.82) is 0 Å². The van der Waals surface area contributed by atoms with Gasteiger partial charge in [-0.15, -0.1) is 0 Å². The predicted octanol–water partition coefficient (Wildman–Crippen LogP) is 5.98. The van der Waals surface area contributed by atoms with Crippen molar-refractivity contribution in [3.05, 3.63) is 100 Å². The monoisotopic (exact) mass is 532 g/mol. The van der Waals surface area contributed by atoms with Crippen molar-refractivity contribution >= 4 is 40.7 Å². The SMILES string of the molecule is CCCN(CC(=O)Nc1cc(-c2ccccc2)nn1-c1ccc(Cl)cc1)C(=O)Nc1ccc([N+](=O)[O-])cc1. The van der Waals surface area contributed by atoms with E-state index in [-0.39, 0.29) is 12.2 Å². The van der Waals surface area contributed by atoms with Gasteiger partial charge in [-0.05, 0) is 42.8 Å². The van der Waals surface area contributed by atoms with Crippen LogP contribution < -0.4 is 10.6 Å². The minimum atomic E-state index is -0.517. The van der Waals surface area contributed by atoms with Crippen LogP contribution in [0.25, 0.3) is 16.9 Å². The van der Waals surface area contributed by atoms with Gasteiger partial charge in [0.1, 0.15) is 12.4 Å². The number of urea groups is 1. The van der Waals surface area contributed by atoms with E-state index in [4.69, 9.17) is 11.6 Å². The lowest BCUT2D eigenvalue weighted by atomic mass is 10.1. The maximum absolute atomic E-state index is 13.1. The van der Waals surface area contributed by atoms with Crippen molar-refractivity contribution < 1.29 is 14.5 Å². The van der Waals surface area contributed by atoms with Gasteiger partial charge >= 0.3 is 6.03 Å². The molecule has 0 bridgehead atoms. The van der Waals surface area contributed by atoms with Gasteiger partial charge in [-0.25, -0.2) is 9.48 Å². The van der Waals surface area contributed by atoms with Crippen molar-refractivity contribution in [3.8, 4) is 16.9 Å². The zero-order valence-corrected chi connectivity index (χ0v) is 21.3. The first-order chi connectivity index (χ1) is 18.3. The van der Waals surface area contributed by atoms with Gasteiger partial charge in [0, 0.05) is 41.0 Å². The van der Waals surface area contributed by atoms with Crippen molar-refractivity contribution in [2.45, 2.75) is 13.3 Å². The number of halogens is 1. The molecule has 0 radical (unpaired) electrons. The number of carbonyl (C=O) groups is 2. The Bertz CT molecular complexity index is 1420.